The standard InChI is InChI=1S/C19H15BrF3N3O2/c20-13-6-8-14(9-7-13)26-16(15(11-25-26)19(21,22)23)10-17(28-18(24)27)12-4-2-1-3-5-12/h1-9,11,17H,10H2,(H2,24,27)/t17-/m1/s1. The Kier molecular flexibility index (Phi) is 5.73. The average Bonchev–Trinajstić information content (AvgIpc) is 3.06. The number of carbonyl (C=O) groups is 1. The Morgan fingerprint density at radius 2 is 1.79 bits per heavy atom. The van der Waals surface area contributed by atoms with E-state index in [0.717, 1.165) is 10.7 Å². The van der Waals surface area contributed by atoms with Gasteiger partial charge in [-0.25, -0.2) is 9.48 Å². The molecule has 0 radical (unpaired) electrons. The number of primary amides is 1. The molecular formula is C19H15BrF3N3O2. The van der Waals surface area contributed by atoms with Gasteiger partial charge in [-0.05, 0) is 29.8 Å². The zero-order valence-electron chi connectivity index (χ0n) is 14.4. The molecule has 0 saturated heterocycles. The molecule has 1 amide bonds. The smallest absolute Gasteiger partial charge is 0.419 e. The molecule has 0 bridgehead atoms. The lowest BCUT2D eigenvalue weighted by Gasteiger charge is -2.19. The van der Waals surface area contributed by atoms with Crippen LogP contribution in [0.15, 0.2) is 65.3 Å². The van der Waals surface area contributed by atoms with Gasteiger partial charge in [-0.2, -0.15) is 18.3 Å². The molecule has 0 spiro atoms. The van der Waals surface area contributed by atoms with Gasteiger partial charge in [-0.3, -0.25) is 0 Å². The lowest BCUT2D eigenvalue weighted by Crippen LogP contribution is -2.21. The highest BCUT2D eigenvalue weighted by Gasteiger charge is 2.37. The number of aromatic nitrogens is 2. The van der Waals surface area contributed by atoms with Crippen LogP contribution in [0.25, 0.3) is 5.69 Å². The molecule has 0 aliphatic rings. The summed E-state index contributed by atoms with van der Waals surface area (Å²) in [4.78, 5) is 11.3. The highest BCUT2D eigenvalue weighted by Crippen LogP contribution is 2.35. The Hall–Kier alpha value is -2.81. The zero-order valence-corrected chi connectivity index (χ0v) is 15.9. The third-order valence-corrected chi connectivity index (χ3v) is 4.58. The monoisotopic (exact) mass is 453 g/mol. The Balaban J connectivity index is 2.08. The second-order valence-electron chi connectivity index (χ2n) is 5.93. The third-order valence-electron chi connectivity index (χ3n) is 4.05. The van der Waals surface area contributed by atoms with E-state index < -0.39 is 23.9 Å². The fourth-order valence-corrected chi connectivity index (χ4v) is 3.09. The van der Waals surface area contributed by atoms with Crippen LogP contribution in [-0.4, -0.2) is 15.9 Å². The van der Waals surface area contributed by atoms with Gasteiger partial charge in [0, 0.05) is 10.9 Å². The van der Waals surface area contributed by atoms with E-state index in [-0.39, 0.29) is 12.1 Å². The van der Waals surface area contributed by atoms with E-state index in [9.17, 15) is 18.0 Å². The van der Waals surface area contributed by atoms with Crippen molar-refractivity contribution in [2.24, 2.45) is 5.73 Å². The van der Waals surface area contributed by atoms with Crippen molar-refractivity contribution < 1.29 is 22.7 Å². The largest absolute Gasteiger partial charge is 0.441 e. The van der Waals surface area contributed by atoms with Gasteiger partial charge in [-0.1, -0.05) is 46.3 Å². The van der Waals surface area contributed by atoms with Crippen molar-refractivity contribution in [1.82, 2.24) is 9.78 Å². The molecular weight excluding hydrogens is 439 g/mol. The van der Waals surface area contributed by atoms with Crippen LogP contribution in [0.1, 0.15) is 22.9 Å². The van der Waals surface area contributed by atoms with Crippen LogP contribution >= 0.6 is 15.9 Å². The highest BCUT2D eigenvalue weighted by atomic mass is 79.9. The normalized spacial score (nSPS) is 12.6. The average molecular weight is 454 g/mol. The predicted octanol–water partition coefficient (Wildman–Crippen LogP) is 5.03. The molecule has 0 aliphatic carbocycles. The lowest BCUT2D eigenvalue weighted by molar-refractivity contribution is -0.138. The number of hydrogen-bond donors (Lipinski definition) is 1. The first-order valence-corrected chi connectivity index (χ1v) is 8.96. The summed E-state index contributed by atoms with van der Waals surface area (Å²) in [6.45, 7) is 0. The van der Waals surface area contributed by atoms with Crippen molar-refractivity contribution in [1.29, 1.82) is 0 Å². The fourth-order valence-electron chi connectivity index (χ4n) is 2.82. The maximum absolute atomic E-state index is 13.6. The molecule has 9 heteroatoms. The minimum Gasteiger partial charge on any atom is -0.441 e. The summed E-state index contributed by atoms with van der Waals surface area (Å²) in [6, 6.07) is 15.1. The number of rotatable bonds is 5. The van der Waals surface area contributed by atoms with Gasteiger partial charge in [0.25, 0.3) is 0 Å². The second kappa shape index (κ2) is 8.05. The number of benzene rings is 2. The van der Waals surface area contributed by atoms with Gasteiger partial charge in [0.2, 0.25) is 0 Å². The summed E-state index contributed by atoms with van der Waals surface area (Å²) >= 11 is 3.29. The number of halogens is 4. The van der Waals surface area contributed by atoms with Gasteiger partial charge in [0.15, 0.2) is 0 Å². The van der Waals surface area contributed by atoms with E-state index in [1.165, 1.54) is 4.68 Å². The molecule has 0 fully saturated rings. The Morgan fingerprint density at radius 3 is 2.36 bits per heavy atom. The molecule has 0 unspecified atom stereocenters. The maximum Gasteiger partial charge on any atom is 0.419 e. The van der Waals surface area contributed by atoms with Crippen molar-refractivity contribution in [3.05, 3.63) is 82.1 Å². The van der Waals surface area contributed by atoms with E-state index in [4.69, 9.17) is 10.5 Å². The minimum absolute atomic E-state index is 0.134. The van der Waals surface area contributed by atoms with E-state index >= 15 is 0 Å². The molecule has 1 aromatic heterocycles. The van der Waals surface area contributed by atoms with Gasteiger partial charge >= 0.3 is 12.3 Å². The molecule has 3 rings (SSSR count). The van der Waals surface area contributed by atoms with Crippen LogP contribution in [0.3, 0.4) is 0 Å². The molecule has 28 heavy (non-hydrogen) atoms. The Labute approximate surface area is 167 Å². The summed E-state index contributed by atoms with van der Waals surface area (Å²) in [5.41, 5.74) is 5.08. The molecule has 146 valence electrons. The fraction of sp³-hybridized carbons (Fsp3) is 0.158. The quantitative estimate of drug-likeness (QED) is 0.588. The van der Waals surface area contributed by atoms with E-state index in [0.29, 0.717) is 11.3 Å². The van der Waals surface area contributed by atoms with Crippen LogP contribution < -0.4 is 5.73 Å². The van der Waals surface area contributed by atoms with Crippen molar-refractivity contribution in [2.45, 2.75) is 18.7 Å². The summed E-state index contributed by atoms with van der Waals surface area (Å²) in [5.74, 6) is 0. The number of carbonyl (C=O) groups excluding carboxylic acids is 1. The molecule has 2 aromatic carbocycles. The first-order chi connectivity index (χ1) is 13.3. The number of hydrogen-bond acceptors (Lipinski definition) is 3. The Morgan fingerprint density at radius 1 is 1.14 bits per heavy atom. The predicted molar refractivity (Wildman–Crippen MR) is 99.8 cm³/mol. The molecule has 1 heterocycles. The molecule has 2 N–H and O–H groups in total. The number of nitrogens with two attached hydrogens (primary N) is 1. The van der Waals surface area contributed by atoms with Crippen LogP contribution in [0, 0.1) is 0 Å². The molecule has 3 aromatic rings. The summed E-state index contributed by atoms with van der Waals surface area (Å²) in [7, 11) is 0. The summed E-state index contributed by atoms with van der Waals surface area (Å²) in [6.07, 6.45) is -6.17. The highest BCUT2D eigenvalue weighted by molar-refractivity contribution is 9.10. The first-order valence-electron chi connectivity index (χ1n) is 8.17. The van der Waals surface area contributed by atoms with Gasteiger partial charge < -0.3 is 10.5 Å². The van der Waals surface area contributed by atoms with Crippen molar-refractivity contribution in [3.8, 4) is 5.69 Å². The molecule has 1 atom stereocenters. The van der Waals surface area contributed by atoms with E-state index in [1.807, 2.05) is 0 Å². The molecule has 0 saturated carbocycles. The van der Waals surface area contributed by atoms with Crippen molar-refractivity contribution in [3.63, 3.8) is 0 Å². The topological polar surface area (TPSA) is 70.1 Å². The van der Waals surface area contributed by atoms with E-state index in [1.54, 1.807) is 54.6 Å². The number of nitrogens with zero attached hydrogens (tertiary/aromatic N) is 2. The zero-order chi connectivity index (χ0) is 20.3. The molecule has 5 nitrogen and oxygen atoms in total. The maximum atomic E-state index is 13.6. The number of amides is 1. The third kappa shape index (κ3) is 4.53. The van der Waals surface area contributed by atoms with Crippen molar-refractivity contribution in [2.75, 3.05) is 0 Å². The van der Waals surface area contributed by atoms with E-state index in [2.05, 4.69) is 21.0 Å². The molecule has 0 aliphatic heterocycles. The van der Waals surface area contributed by atoms with Gasteiger partial charge in [-0.15, -0.1) is 0 Å². The van der Waals surface area contributed by atoms with Crippen LogP contribution in [0.5, 0.6) is 0 Å². The first kappa shape index (κ1) is 19.9. The second-order valence-corrected chi connectivity index (χ2v) is 6.85. The Bertz CT molecular complexity index is 957. The summed E-state index contributed by atoms with van der Waals surface area (Å²) < 4.78 is 47.8. The van der Waals surface area contributed by atoms with Crippen LogP contribution in [0.4, 0.5) is 18.0 Å². The van der Waals surface area contributed by atoms with Crippen LogP contribution in [0.2, 0.25) is 0 Å². The van der Waals surface area contributed by atoms with Gasteiger partial charge in [0.1, 0.15) is 6.10 Å². The summed E-state index contributed by atoms with van der Waals surface area (Å²) in [5, 5.41) is 3.92. The number of ether oxygens (including phenoxy) is 1. The minimum atomic E-state index is -4.61. The van der Waals surface area contributed by atoms with Crippen LogP contribution in [-0.2, 0) is 17.3 Å². The van der Waals surface area contributed by atoms with Gasteiger partial charge in [0.05, 0.1) is 23.1 Å². The number of alkyl halides is 3. The van der Waals surface area contributed by atoms with Crippen molar-refractivity contribution >= 4 is 22.0 Å². The SMILES string of the molecule is NC(=O)O[C@H](Cc1c(C(F)(F)F)cnn1-c1ccc(Br)cc1)c1ccccc1. The lowest BCUT2D eigenvalue weighted by atomic mass is 10.0.